The molecular weight excluding hydrogens is 202 g/mol. The Bertz CT molecular complexity index is 376. The van der Waals surface area contributed by atoms with Crippen LogP contribution in [0.5, 0.6) is 0 Å². The van der Waals surface area contributed by atoms with Crippen molar-refractivity contribution in [2.45, 2.75) is 31.9 Å². The second kappa shape index (κ2) is 5.12. The minimum atomic E-state index is 0.175. The Kier molecular flexibility index (Phi) is 3.57. The normalized spacial score (nSPS) is 19.8. The van der Waals surface area contributed by atoms with Gasteiger partial charge < -0.3 is 10.1 Å². The standard InChI is InChI=1S/C13H17NO2/c1-16-9-11-5-3-2-4-10(11)8-12-6-7-13(15)14-12/h2-5,12H,6-9H2,1H3,(H,14,15). The van der Waals surface area contributed by atoms with Crippen molar-refractivity contribution in [2.24, 2.45) is 0 Å². The maximum Gasteiger partial charge on any atom is 0.220 e. The van der Waals surface area contributed by atoms with Crippen molar-refractivity contribution in [2.75, 3.05) is 7.11 Å². The van der Waals surface area contributed by atoms with Crippen LogP contribution < -0.4 is 5.32 Å². The van der Waals surface area contributed by atoms with E-state index in [-0.39, 0.29) is 5.91 Å². The van der Waals surface area contributed by atoms with Crippen LogP contribution in [0.4, 0.5) is 0 Å². The maximum atomic E-state index is 11.1. The predicted octanol–water partition coefficient (Wildman–Crippen LogP) is 1.65. The summed E-state index contributed by atoms with van der Waals surface area (Å²) < 4.78 is 5.17. The van der Waals surface area contributed by atoms with E-state index in [1.54, 1.807) is 7.11 Å². The molecule has 1 aliphatic heterocycles. The van der Waals surface area contributed by atoms with Crippen molar-refractivity contribution < 1.29 is 9.53 Å². The third-order valence-electron chi connectivity index (χ3n) is 2.97. The van der Waals surface area contributed by atoms with Crippen molar-refractivity contribution in [3.8, 4) is 0 Å². The van der Waals surface area contributed by atoms with Gasteiger partial charge in [-0.05, 0) is 24.0 Å². The number of hydrogen-bond donors (Lipinski definition) is 1. The fourth-order valence-electron chi connectivity index (χ4n) is 2.15. The predicted molar refractivity (Wildman–Crippen MR) is 62.0 cm³/mol. The van der Waals surface area contributed by atoms with Gasteiger partial charge in [-0.1, -0.05) is 24.3 Å². The fourth-order valence-corrected chi connectivity index (χ4v) is 2.15. The number of amides is 1. The molecule has 1 saturated heterocycles. The van der Waals surface area contributed by atoms with Crippen molar-refractivity contribution in [1.82, 2.24) is 5.32 Å². The minimum Gasteiger partial charge on any atom is -0.380 e. The Balaban J connectivity index is 2.05. The molecule has 1 heterocycles. The molecule has 1 aromatic rings. The summed E-state index contributed by atoms with van der Waals surface area (Å²) in [6.07, 6.45) is 2.52. The average molecular weight is 219 g/mol. The minimum absolute atomic E-state index is 0.175. The van der Waals surface area contributed by atoms with Crippen LogP contribution in [0.25, 0.3) is 0 Å². The lowest BCUT2D eigenvalue weighted by Crippen LogP contribution is -2.27. The largest absolute Gasteiger partial charge is 0.380 e. The van der Waals surface area contributed by atoms with E-state index in [4.69, 9.17) is 4.74 Å². The van der Waals surface area contributed by atoms with Crippen LogP contribution in [-0.2, 0) is 22.6 Å². The van der Waals surface area contributed by atoms with E-state index in [1.807, 2.05) is 12.1 Å². The van der Waals surface area contributed by atoms with Gasteiger partial charge in [-0.25, -0.2) is 0 Å². The number of ether oxygens (including phenoxy) is 1. The molecule has 0 aliphatic carbocycles. The first-order chi connectivity index (χ1) is 7.79. The zero-order valence-electron chi connectivity index (χ0n) is 9.53. The van der Waals surface area contributed by atoms with E-state index in [9.17, 15) is 4.79 Å². The SMILES string of the molecule is COCc1ccccc1CC1CCC(=O)N1. The highest BCUT2D eigenvalue weighted by atomic mass is 16.5. The molecule has 3 heteroatoms. The molecule has 0 radical (unpaired) electrons. The van der Waals surface area contributed by atoms with Gasteiger partial charge in [0.05, 0.1) is 6.61 Å². The molecule has 0 aromatic heterocycles. The van der Waals surface area contributed by atoms with Gasteiger partial charge in [0.1, 0.15) is 0 Å². The van der Waals surface area contributed by atoms with E-state index >= 15 is 0 Å². The molecule has 1 fully saturated rings. The monoisotopic (exact) mass is 219 g/mol. The van der Waals surface area contributed by atoms with Gasteiger partial charge >= 0.3 is 0 Å². The summed E-state index contributed by atoms with van der Waals surface area (Å²) >= 11 is 0. The summed E-state index contributed by atoms with van der Waals surface area (Å²) in [4.78, 5) is 11.1. The molecule has 1 aliphatic rings. The lowest BCUT2D eigenvalue weighted by molar-refractivity contribution is -0.119. The quantitative estimate of drug-likeness (QED) is 0.836. The van der Waals surface area contributed by atoms with Crippen LogP contribution in [0.2, 0.25) is 0 Å². The lowest BCUT2D eigenvalue weighted by Gasteiger charge is -2.13. The zero-order valence-corrected chi connectivity index (χ0v) is 9.53. The van der Waals surface area contributed by atoms with Crippen molar-refractivity contribution in [1.29, 1.82) is 0 Å². The molecule has 0 spiro atoms. The summed E-state index contributed by atoms with van der Waals surface area (Å²) in [5, 5.41) is 2.99. The highest BCUT2D eigenvalue weighted by Crippen LogP contribution is 2.16. The number of carbonyl (C=O) groups excluding carboxylic acids is 1. The summed E-state index contributed by atoms with van der Waals surface area (Å²) in [5.74, 6) is 0.175. The Morgan fingerprint density at radius 1 is 1.38 bits per heavy atom. The number of methoxy groups -OCH3 is 1. The van der Waals surface area contributed by atoms with Gasteiger partial charge in [0.25, 0.3) is 0 Å². The van der Waals surface area contributed by atoms with Crippen molar-refractivity contribution in [3.63, 3.8) is 0 Å². The van der Waals surface area contributed by atoms with Gasteiger partial charge in [0.15, 0.2) is 0 Å². The number of carbonyl (C=O) groups is 1. The van der Waals surface area contributed by atoms with Crippen LogP contribution in [0.3, 0.4) is 0 Å². The Morgan fingerprint density at radius 2 is 2.12 bits per heavy atom. The second-order valence-corrected chi connectivity index (χ2v) is 4.21. The molecule has 0 bridgehead atoms. The van der Waals surface area contributed by atoms with Crippen LogP contribution in [0.15, 0.2) is 24.3 Å². The molecular formula is C13H17NO2. The Hall–Kier alpha value is -1.35. The molecule has 1 aromatic carbocycles. The molecule has 2 rings (SSSR count). The summed E-state index contributed by atoms with van der Waals surface area (Å²) in [7, 11) is 1.70. The van der Waals surface area contributed by atoms with E-state index in [1.165, 1.54) is 11.1 Å². The molecule has 1 unspecified atom stereocenters. The number of hydrogen-bond acceptors (Lipinski definition) is 2. The number of nitrogens with one attached hydrogen (secondary N) is 1. The first-order valence-electron chi connectivity index (χ1n) is 5.64. The summed E-state index contributed by atoms with van der Waals surface area (Å²) in [6.45, 7) is 0.636. The molecule has 1 amide bonds. The fraction of sp³-hybridized carbons (Fsp3) is 0.462. The topological polar surface area (TPSA) is 38.3 Å². The first-order valence-corrected chi connectivity index (χ1v) is 5.64. The molecule has 1 N–H and O–H groups in total. The third-order valence-corrected chi connectivity index (χ3v) is 2.97. The number of rotatable bonds is 4. The Morgan fingerprint density at radius 3 is 2.75 bits per heavy atom. The van der Waals surface area contributed by atoms with E-state index in [0.29, 0.717) is 19.1 Å². The van der Waals surface area contributed by atoms with Crippen LogP contribution >= 0.6 is 0 Å². The zero-order chi connectivity index (χ0) is 11.4. The van der Waals surface area contributed by atoms with Gasteiger partial charge in [0, 0.05) is 19.6 Å². The van der Waals surface area contributed by atoms with Crippen LogP contribution in [-0.4, -0.2) is 19.1 Å². The molecule has 16 heavy (non-hydrogen) atoms. The maximum absolute atomic E-state index is 11.1. The van der Waals surface area contributed by atoms with E-state index < -0.39 is 0 Å². The lowest BCUT2D eigenvalue weighted by atomic mass is 10.00. The highest BCUT2D eigenvalue weighted by Gasteiger charge is 2.21. The van der Waals surface area contributed by atoms with Gasteiger partial charge in [0.2, 0.25) is 5.91 Å². The summed E-state index contributed by atoms with van der Waals surface area (Å²) in [5.41, 5.74) is 2.49. The smallest absolute Gasteiger partial charge is 0.220 e. The number of benzene rings is 1. The second-order valence-electron chi connectivity index (χ2n) is 4.21. The first kappa shape index (κ1) is 11.1. The molecule has 1 atom stereocenters. The molecule has 3 nitrogen and oxygen atoms in total. The van der Waals surface area contributed by atoms with Crippen LogP contribution in [0, 0.1) is 0 Å². The molecule has 0 saturated carbocycles. The van der Waals surface area contributed by atoms with Gasteiger partial charge in [-0.15, -0.1) is 0 Å². The average Bonchev–Trinajstić information content (AvgIpc) is 2.67. The van der Waals surface area contributed by atoms with Gasteiger partial charge in [-0.3, -0.25) is 4.79 Å². The third kappa shape index (κ3) is 2.61. The van der Waals surface area contributed by atoms with Crippen LogP contribution in [0.1, 0.15) is 24.0 Å². The van der Waals surface area contributed by atoms with E-state index in [2.05, 4.69) is 17.4 Å². The Labute approximate surface area is 95.8 Å². The van der Waals surface area contributed by atoms with E-state index in [0.717, 1.165) is 12.8 Å². The van der Waals surface area contributed by atoms with Crippen molar-refractivity contribution in [3.05, 3.63) is 35.4 Å². The molecule has 86 valence electrons. The van der Waals surface area contributed by atoms with Gasteiger partial charge in [-0.2, -0.15) is 0 Å². The highest BCUT2D eigenvalue weighted by molar-refractivity contribution is 5.78. The van der Waals surface area contributed by atoms with Crippen molar-refractivity contribution >= 4 is 5.91 Å². The summed E-state index contributed by atoms with van der Waals surface area (Å²) in [6, 6.07) is 8.54.